The first-order chi connectivity index (χ1) is 5.89. The van der Waals surface area contributed by atoms with Crippen LogP contribution >= 0.6 is 0 Å². The molecule has 0 atom stereocenters. The lowest BCUT2D eigenvalue weighted by molar-refractivity contribution is -0.150. The Morgan fingerprint density at radius 2 is 1.85 bits per heavy atom. The Labute approximate surface area is 78.5 Å². The van der Waals surface area contributed by atoms with Crippen molar-refractivity contribution in [3.63, 3.8) is 0 Å². The van der Waals surface area contributed by atoms with E-state index in [1.165, 1.54) is 0 Å². The molecule has 0 saturated heterocycles. The molecule has 0 aliphatic heterocycles. The quantitative estimate of drug-likeness (QED) is 0.666. The van der Waals surface area contributed by atoms with Gasteiger partial charge in [-0.1, -0.05) is 20.8 Å². The Bertz CT molecular complexity index is 157. The monoisotopic (exact) mass is 192 g/mol. The van der Waals surface area contributed by atoms with Gasteiger partial charge in [0.1, 0.15) is 0 Å². The second-order valence-electron chi connectivity index (χ2n) is 4.99. The normalized spacial score (nSPS) is 29.1. The van der Waals surface area contributed by atoms with Gasteiger partial charge in [0, 0.05) is 0 Å². The van der Waals surface area contributed by atoms with Gasteiger partial charge in [0.25, 0.3) is 0 Å². The summed E-state index contributed by atoms with van der Waals surface area (Å²) >= 11 is 0. The summed E-state index contributed by atoms with van der Waals surface area (Å²) in [7, 11) is 0. The van der Waals surface area contributed by atoms with Crippen molar-refractivity contribution >= 4 is 0 Å². The van der Waals surface area contributed by atoms with Crippen molar-refractivity contribution in [1.29, 1.82) is 0 Å². The Morgan fingerprint density at radius 3 is 2.23 bits per heavy atom. The zero-order chi connectivity index (χ0) is 10.1. The van der Waals surface area contributed by atoms with Gasteiger partial charge in [-0.25, -0.2) is 0 Å². The third-order valence-corrected chi connectivity index (χ3v) is 2.92. The van der Waals surface area contributed by atoms with Gasteiger partial charge in [0.15, 0.2) is 0 Å². The Balaban J connectivity index is 2.12. The first-order valence-corrected chi connectivity index (χ1v) is 4.79. The molecule has 0 aromatic heterocycles. The number of hydrogen-bond acceptors (Lipinski definition) is 1. The first-order valence-electron chi connectivity index (χ1n) is 4.79. The molecular formula is C10H18F2O. The molecule has 0 N–H and O–H groups in total. The van der Waals surface area contributed by atoms with E-state index in [4.69, 9.17) is 0 Å². The summed E-state index contributed by atoms with van der Waals surface area (Å²) in [5.41, 5.74) is 0.321. The zero-order valence-electron chi connectivity index (χ0n) is 8.52. The number of halogens is 2. The second kappa shape index (κ2) is 3.91. The molecule has 0 aromatic carbocycles. The maximum absolute atomic E-state index is 11.7. The fourth-order valence-corrected chi connectivity index (χ4v) is 1.79. The third kappa shape index (κ3) is 3.22. The molecule has 0 heterocycles. The van der Waals surface area contributed by atoms with Crippen LogP contribution in [0.5, 0.6) is 0 Å². The van der Waals surface area contributed by atoms with Crippen LogP contribution in [0.15, 0.2) is 0 Å². The molecule has 1 saturated carbocycles. The molecule has 0 bridgehead atoms. The van der Waals surface area contributed by atoms with Crippen molar-refractivity contribution in [2.45, 2.75) is 40.2 Å². The highest BCUT2D eigenvalue weighted by Crippen LogP contribution is 2.45. The highest BCUT2D eigenvalue weighted by atomic mass is 19.3. The standard InChI is InChI=1S/C10H18F2O/c1-10(2,3)8-4-7(5-8)6-13-9(11)12/h7-9H,4-6H2,1-3H3. The predicted octanol–water partition coefficient (Wildman–Crippen LogP) is 3.30. The van der Waals surface area contributed by atoms with Crippen molar-refractivity contribution in [2.75, 3.05) is 6.61 Å². The van der Waals surface area contributed by atoms with E-state index in [0.717, 1.165) is 12.8 Å². The first kappa shape index (κ1) is 10.9. The number of ether oxygens (including phenoxy) is 1. The van der Waals surface area contributed by atoms with E-state index < -0.39 is 6.61 Å². The maximum Gasteiger partial charge on any atom is 0.345 e. The predicted molar refractivity (Wildman–Crippen MR) is 47.6 cm³/mol. The Morgan fingerprint density at radius 1 is 1.31 bits per heavy atom. The lowest BCUT2D eigenvalue weighted by Gasteiger charge is -2.43. The lowest BCUT2D eigenvalue weighted by Crippen LogP contribution is -2.36. The van der Waals surface area contributed by atoms with Crippen LogP contribution in [0.2, 0.25) is 0 Å². The molecule has 0 unspecified atom stereocenters. The molecule has 1 aliphatic rings. The fraction of sp³-hybridized carbons (Fsp3) is 1.00. The van der Waals surface area contributed by atoms with Gasteiger partial charge >= 0.3 is 6.61 Å². The molecule has 1 rings (SSSR count). The van der Waals surface area contributed by atoms with Gasteiger partial charge < -0.3 is 4.74 Å². The Hall–Kier alpha value is -0.180. The van der Waals surface area contributed by atoms with Crippen LogP contribution in [0, 0.1) is 17.3 Å². The van der Waals surface area contributed by atoms with Crippen molar-refractivity contribution in [3.05, 3.63) is 0 Å². The van der Waals surface area contributed by atoms with Gasteiger partial charge in [-0.2, -0.15) is 8.78 Å². The third-order valence-electron chi connectivity index (χ3n) is 2.92. The van der Waals surface area contributed by atoms with Crippen molar-refractivity contribution in [3.8, 4) is 0 Å². The van der Waals surface area contributed by atoms with Crippen LogP contribution in [0.4, 0.5) is 8.78 Å². The largest absolute Gasteiger partial charge is 0.345 e. The van der Waals surface area contributed by atoms with E-state index in [9.17, 15) is 8.78 Å². The molecule has 0 spiro atoms. The highest BCUT2D eigenvalue weighted by molar-refractivity contribution is 4.86. The van der Waals surface area contributed by atoms with E-state index in [1.807, 2.05) is 0 Å². The molecule has 3 heteroatoms. The van der Waals surface area contributed by atoms with Gasteiger partial charge in [-0.15, -0.1) is 0 Å². The molecule has 0 radical (unpaired) electrons. The van der Waals surface area contributed by atoms with E-state index in [-0.39, 0.29) is 6.61 Å². The number of hydrogen-bond donors (Lipinski definition) is 0. The van der Waals surface area contributed by atoms with Crippen LogP contribution in [-0.2, 0) is 4.74 Å². The van der Waals surface area contributed by atoms with E-state index in [2.05, 4.69) is 25.5 Å². The smallest absolute Gasteiger partial charge is 0.323 e. The maximum atomic E-state index is 11.7. The Kier molecular flexibility index (Phi) is 3.28. The molecule has 1 nitrogen and oxygen atoms in total. The van der Waals surface area contributed by atoms with E-state index >= 15 is 0 Å². The number of rotatable bonds is 3. The van der Waals surface area contributed by atoms with Gasteiger partial charge in [-0.05, 0) is 30.1 Å². The summed E-state index contributed by atoms with van der Waals surface area (Å²) in [5, 5.41) is 0. The average Bonchev–Trinajstić information content (AvgIpc) is 1.79. The van der Waals surface area contributed by atoms with Crippen molar-refractivity contribution in [2.24, 2.45) is 17.3 Å². The molecule has 0 amide bonds. The second-order valence-corrected chi connectivity index (χ2v) is 4.99. The van der Waals surface area contributed by atoms with Crippen molar-refractivity contribution in [1.82, 2.24) is 0 Å². The summed E-state index contributed by atoms with van der Waals surface area (Å²) in [6, 6.07) is 0. The van der Waals surface area contributed by atoms with E-state index in [0.29, 0.717) is 17.3 Å². The summed E-state index contributed by atoms with van der Waals surface area (Å²) in [5.74, 6) is 1.04. The van der Waals surface area contributed by atoms with Crippen LogP contribution in [0.25, 0.3) is 0 Å². The van der Waals surface area contributed by atoms with Gasteiger partial charge in [0.2, 0.25) is 0 Å². The summed E-state index contributed by atoms with van der Waals surface area (Å²) in [6.45, 7) is 4.21. The van der Waals surface area contributed by atoms with Crippen molar-refractivity contribution < 1.29 is 13.5 Å². The molecule has 1 fully saturated rings. The molecule has 0 aromatic rings. The van der Waals surface area contributed by atoms with Crippen LogP contribution in [-0.4, -0.2) is 13.2 Å². The van der Waals surface area contributed by atoms with Crippen LogP contribution in [0.3, 0.4) is 0 Å². The van der Waals surface area contributed by atoms with Crippen LogP contribution in [0.1, 0.15) is 33.6 Å². The topological polar surface area (TPSA) is 9.23 Å². The minimum atomic E-state index is -2.60. The molecule has 13 heavy (non-hydrogen) atoms. The summed E-state index contributed by atoms with van der Waals surface area (Å²) < 4.78 is 27.6. The van der Waals surface area contributed by atoms with Gasteiger partial charge in [0.05, 0.1) is 6.61 Å². The molecular weight excluding hydrogens is 174 g/mol. The zero-order valence-corrected chi connectivity index (χ0v) is 8.52. The van der Waals surface area contributed by atoms with E-state index in [1.54, 1.807) is 0 Å². The highest BCUT2D eigenvalue weighted by Gasteiger charge is 2.37. The molecule has 78 valence electrons. The summed E-state index contributed by atoms with van der Waals surface area (Å²) in [4.78, 5) is 0. The minimum absolute atomic E-state index is 0.226. The van der Waals surface area contributed by atoms with Gasteiger partial charge in [-0.3, -0.25) is 0 Å². The summed E-state index contributed by atoms with van der Waals surface area (Å²) in [6.07, 6.45) is 2.08. The average molecular weight is 192 g/mol. The molecule has 1 aliphatic carbocycles. The fourth-order valence-electron chi connectivity index (χ4n) is 1.79. The minimum Gasteiger partial charge on any atom is -0.323 e. The number of alkyl halides is 2. The van der Waals surface area contributed by atoms with Crippen LogP contribution < -0.4 is 0 Å². The lowest BCUT2D eigenvalue weighted by atomic mass is 9.63. The SMILES string of the molecule is CC(C)(C)C1CC(COC(F)F)C1.